The van der Waals surface area contributed by atoms with Crippen molar-refractivity contribution in [3.63, 3.8) is 0 Å². The summed E-state index contributed by atoms with van der Waals surface area (Å²) in [6, 6.07) is 21.1. The molecule has 0 bridgehead atoms. The van der Waals surface area contributed by atoms with Crippen LogP contribution >= 0.6 is 0 Å². The first-order valence-corrected chi connectivity index (χ1v) is 27.3. The van der Waals surface area contributed by atoms with Crippen LogP contribution in [0.3, 0.4) is 0 Å². The number of para-hydroxylation sites is 1. The Balaban J connectivity index is 1.22. The number of guanidine groups is 1. The van der Waals surface area contributed by atoms with Crippen molar-refractivity contribution < 1.29 is 38.4 Å². The average Bonchev–Trinajstić information content (AvgIpc) is 4.24. The number of benzene rings is 4. The molecule has 0 radical (unpaired) electrons. The smallest absolute Gasteiger partial charge is 0.243 e. The van der Waals surface area contributed by atoms with Crippen molar-refractivity contribution >= 4 is 74.9 Å². The molecule has 82 heavy (non-hydrogen) atoms. The van der Waals surface area contributed by atoms with Crippen LogP contribution in [0, 0.1) is 5.92 Å². The molecule has 19 N–H and O–H groups in total. The number of hydrogen-bond acceptors (Lipinski definition) is 12. The van der Waals surface area contributed by atoms with E-state index in [9.17, 15) is 38.4 Å². The molecule has 0 fully saturated rings. The molecule has 24 nitrogen and oxygen atoms in total. The first-order valence-electron chi connectivity index (χ1n) is 27.3. The predicted molar refractivity (Wildman–Crippen MR) is 312 cm³/mol. The van der Waals surface area contributed by atoms with Gasteiger partial charge < -0.3 is 75.9 Å². The molecule has 2 aromatic heterocycles. The molecule has 8 amide bonds. The number of carbonyl (C=O) groups excluding carboxylic acids is 8. The lowest BCUT2D eigenvalue weighted by atomic mass is 9.99. The highest BCUT2D eigenvalue weighted by atomic mass is 16.2. The number of primary amides is 1. The van der Waals surface area contributed by atoms with Crippen LogP contribution < -0.4 is 65.9 Å². The number of aliphatic imine (C=N–C) groups is 1. The lowest BCUT2D eigenvalue weighted by molar-refractivity contribution is -0.134. The van der Waals surface area contributed by atoms with E-state index in [0.29, 0.717) is 41.8 Å². The van der Waals surface area contributed by atoms with Gasteiger partial charge >= 0.3 is 0 Å². The Labute approximate surface area is 475 Å². The zero-order valence-electron chi connectivity index (χ0n) is 46.1. The van der Waals surface area contributed by atoms with Crippen LogP contribution in [-0.4, -0.2) is 130 Å². The Morgan fingerprint density at radius 2 is 1.18 bits per heavy atom. The SMILES string of the molecule is CC(C)[C@H](NC(=O)[C@@H](Cc1ccccc1)NC(=O)[C@H](CCCCN)NC(=O)CNC(=O)[C@H](Cc1c[nH]c2ccccc12)NC(=O)[C@H](CCCN=C(N)N)NC(=O)[C@@H](Cc1ccc2ccccc2c1)NC(=O)[C@@H](N)Cc1cnc[nH]1)C(N)=O. The first-order chi connectivity index (χ1) is 39.4. The molecule has 4 aromatic carbocycles. The number of nitrogens with two attached hydrogens (primary N) is 5. The van der Waals surface area contributed by atoms with E-state index < -0.39 is 96.1 Å². The Hall–Kier alpha value is -9.16. The molecule has 6 aromatic rings. The summed E-state index contributed by atoms with van der Waals surface area (Å²) in [6.45, 7) is 3.16. The van der Waals surface area contributed by atoms with Gasteiger partial charge in [0.15, 0.2) is 5.96 Å². The molecule has 0 aliphatic heterocycles. The highest BCUT2D eigenvalue weighted by Crippen LogP contribution is 2.21. The molecular weight excluding hydrogens is 1050 g/mol. The third-order valence-corrected chi connectivity index (χ3v) is 13.7. The standard InChI is InChI=1S/C58H76N16O8/c1-34(2)50(51(61)76)74-57(82)46(26-35-13-4-3-5-14-35)72-54(79)44(19-10-11-23-59)69-49(75)32-67-53(78)48(28-39-30-66-43-18-9-8-17-41(39)43)73-55(80)45(20-12-24-65-58(62)63)70-56(81)47(71-52(77)42(60)29-40-31-64-33-68-40)27-36-21-22-37-15-6-7-16-38(37)25-36/h3-9,13-18,21-22,25,30-31,33-34,42,44-48,50,66H,10-12,19-20,23-24,26-29,32,59-60H2,1-2H3,(H2,61,76)(H,64,68)(H,67,78)(H,69,75)(H,70,81)(H,71,77)(H,72,79)(H,73,80)(H,74,82)(H4,62,63,65)/t42-,44-,45-,46+,47+,48-,50-/m0/s1. The number of amides is 8. The number of nitrogens with zero attached hydrogens (tertiary/aromatic N) is 2. The van der Waals surface area contributed by atoms with Gasteiger partial charge in [-0.15, -0.1) is 0 Å². The van der Waals surface area contributed by atoms with E-state index in [2.05, 4.69) is 57.2 Å². The van der Waals surface area contributed by atoms with E-state index in [0.717, 1.165) is 21.7 Å². The average molecular weight is 1130 g/mol. The lowest BCUT2D eigenvalue weighted by Crippen LogP contribution is -2.59. The van der Waals surface area contributed by atoms with Gasteiger partial charge in [-0.1, -0.05) is 105 Å². The number of hydrogen-bond donors (Lipinski definition) is 14. The molecule has 0 aliphatic rings. The number of carbonyl (C=O) groups is 8. The van der Waals surface area contributed by atoms with Crippen molar-refractivity contribution in [2.75, 3.05) is 19.6 Å². The van der Waals surface area contributed by atoms with Crippen LogP contribution in [0.5, 0.6) is 0 Å². The molecule has 0 unspecified atom stereocenters. The Kier molecular flexibility index (Phi) is 23.5. The van der Waals surface area contributed by atoms with Crippen molar-refractivity contribution in [2.45, 2.75) is 114 Å². The summed E-state index contributed by atoms with van der Waals surface area (Å²) < 4.78 is 0. The van der Waals surface area contributed by atoms with Crippen LogP contribution in [0.4, 0.5) is 0 Å². The maximum Gasteiger partial charge on any atom is 0.243 e. The third-order valence-electron chi connectivity index (χ3n) is 13.7. The highest BCUT2D eigenvalue weighted by molar-refractivity contribution is 5.98. The highest BCUT2D eigenvalue weighted by Gasteiger charge is 2.33. The number of nitrogens with one attached hydrogen (secondary N) is 9. The minimum absolute atomic E-state index is 0.00396. The van der Waals surface area contributed by atoms with Crippen molar-refractivity contribution in [2.24, 2.45) is 39.6 Å². The van der Waals surface area contributed by atoms with E-state index in [4.69, 9.17) is 28.7 Å². The lowest BCUT2D eigenvalue weighted by Gasteiger charge is -2.26. The molecule has 0 saturated carbocycles. The van der Waals surface area contributed by atoms with Crippen LogP contribution in [0.25, 0.3) is 21.7 Å². The molecule has 7 atom stereocenters. The van der Waals surface area contributed by atoms with Crippen molar-refractivity contribution in [3.8, 4) is 0 Å². The summed E-state index contributed by atoms with van der Waals surface area (Å²) in [5.74, 6) is -6.37. The first kappa shape index (κ1) is 62.0. The second-order valence-electron chi connectivity index (χ2n) is 20.5. The quantitative estimate of drug-likeness (QED) is 0.0150. The molecular formula is C58H76N16O8. The summed E-state index contributed by atoms with van der Waals surface area (Å²) in [4.78, 5) is 126. The van der Waals surface area contributed by atoms with Crippen LogP contribution in [-0.2, 0) is 64.0 Å². The van der Waals surface area contributed by atoms with Crippen molar-refractivity contribution in [1.29, 1.82) is 0 Å². The third kappa shape index (κ3) is 19.0. The molecule has 0 spiro atoms. The molecule has 6 rings (SSSR count). The number of fused-ring (bicyclic) bond motifs is 2. The van der Waals surface area contributed by atoms with Gasteiger partial charge in [0.25, 0.3) is 0 Å². The number of rotatable bonds is 32. The van der Waals surface area contributed by atoms with Crippen molar-refractivity contribution in [1.82, 2.24) is 52.2 Å². The van der Waals surface area contributed by atoms with Crippen molar-refractivity contribution in [3.05, 3.63) is 138 Å². The summed E-state index contributed by atoms with van der Waals surface area (Å²) in [7, 11) is 0. The fourth-order valence-corrected chi connectivity index (χ4v) is 9.31. The topological polar surface area (TPSA) is 408 Å². The predicted octanol–water partition coefficient (Wildman–Crippen LogP) is -0.00900. The van der Waals surface area contributed by atoms with E-state index in [1.54, 1.807) is 50.4 Å². The summed E-state index contributed by atoms with van der Waals surface area (Å²) in [6.07, 6.45) is 5.92. The Morgan fingerprint density at radius 3 is 1.85 bits per heavy atom. The second kappa shape index (κ2) is 31.0. The van der Waals surface area contributed by atoms with Gasteiger partial charge in [0.05, 0.1) is 18.9 Å². The minimum atomic E-state index is -1.36. The normalized spacial score (nSPS) is 13.8. The second-order valence-corrected chi connectivity index (χ2v) is 20.5. The zero-order chi connectivity index (χ0) is 59.1. The number of aromatic amines is 2. The van der Waals surface area contributed by atoms with Gasteiger partial charge in [-0.2, -0.15) is 0 Å². The monoisotopic (exact) mass is 1120 g/mol. The zero-order valence-corrected chi connectivity index (χ0v) is 46.1. The van der Waals surface area contributed by atoms with E-state index in [-0.39, 0.29) is 63.4 Å². The van der Waals surface area contributed by atoms with Gasteiger partial charge in [0.2, 0.25) is 47.3 Å². The van der Waals surface area contributed by atoms with Crippen LogP contribution in [0.15, 0.2) is 121 Å². The molecule has 0 saturated heterocycles. The fraction of sp³-hybridized carbons (Fsp3) is 0.379. The molecule has 436 valence electrons. The van der Waals surface area contributed by atoms with E-state index in [1.165, 1.54) is 12.5 Å². The summed E-state index contributed by atoms with van der Waals surface area (Å²) >= 11 is 0. The number of unbranched alkanes of at least 4 members (excludes halogenated alkanes) is 1. The van der Waals surface area contributed by atoms with Gasteiger partial charge in [0.1, 0.15) is 36.3 Å². The maximum absolute atomic E-state index is 14.7. The fourth-order valence-electron chi connectivity index (χ4n) is 9.31. The molecule has 2 heterocycles. The Morgan fingerprint density at radius 1 is 0.585 bits per heavy atom. The maximum atomic E-state index is 14.7. The van der Waals surface area contributed by atoms with Gasteiger partial charge in [-0.3, -0.25) is 43.3 Å². The van der Waals surface area contributed by atoms with Gasteiger partial charge in [-0.25, -0.2) is 4.98 Å². The number of imidazole rings is 1. The van der Waals surface area contributed by atoms with Gasteiger partial charge in [-0.05, 0) is 78.1 Å². The minimum Gasteiger partial charge on any atom is -0.370 e. The molecule has 0 aliphatic carbocycles. The number of aromatic nitrogens is 3. The molecule has 24 heteroatoms. The van der Waals surface area contributed by atoms with E-state index >= 15 is 0 Å². The largest absolute Gasteiger partial charge is 0.370 e. The number of H-pyrrole nitrogens is 2. The summed E-state index contributed by atoms with van der Waals surface area (Å²) in [5, 5.41) is 21.7. The van der Waals surface area contributed by atoms with Crippen LogP contribution in [0.1, 0.15) is 68.3 Å². The van der Waals surface area contributed by atoms with Crippen LogP contribution in [0.2, 0.25) is 0 Å². The van der Waals surface area contributed by atoms with E-state index in [1.807, 2.05) is 66.7 Å². The van der Waals surface area contributed by atoms with Gasteiger partial charge in [0, 0.05) is 61.2 Å². The summed E-state index contributed by atoms with van der Waals surface area (Å²) in [5.41, 5.74) is 32.4. The Bertz CT molecular complexity index is 3140.